The Labute approximate surface area is 125 Å². The van der Waals surface area contributed by atoms with Crippen LogP contribution in [-0.2, 0) is 9.53 Å². The van der Waals surface area contributed by atoms with Crippen LogP contribution in [0.4, 0.5) is 0 Å². The molecule has 0 aliphatic heterocycles. The molecule has 4 heteroatoms. The highest BCUT2D eigenvalue weighted by atomic mass is 16.5. The topological polar surface area (TPSA) is 47.6 Å². The summed E-state index contributed by atoms with van der Waals surface area (Å²) >= 11 is 0. The molecule has 0 spiro atoms. The average molecular weight is 287 g/mol. The minimum absolute atomic E-state index is 0.109. The molecule has 0 radical (unpaired) electrons. The highest BCUT2D eigenvalue weighted by molar-refractivity contribution is 5.89. The summed E-state index contributed by atoms with van der Waals surface area (Å²) in [6.07, 6.45) is 0.120. The zero-order valence-electron chi connectivity index (χ0n) is 12.5. The van der Waals surface area contributed by atoms with Gasteiger partial charge in [0, 0.05) is 19.0 Å². The van der Waals surface area contributed by atoms with Crippen LogP contribution in [0.25, 0.3) is 10.8 Å². The Balaban J connectivity index is 2.11. The van der Waals surface area contributed by atoms with E-state index in [1.807, 2.05) is 49.4 Å². The van der Waals surface area contributed by atoms with E-state index in [1.165, 1.54) is 0 Å². The lowest BCUT2D eigenvalue weighted by Crippen LogP contribution is -2.39. The maximum atomic E-state index is 12.1. The van der Waals surface area contributed by atoms with Crippen molar-refractivity contribution in [1.29, 1.82) is 0 Å². The zero-order valence-corrected chi connectivity index (χ0v) is 12.5. The van der Waals surface area contributed by atoms with E-state index in [-0.39, 0.29) is 5.91 Å². The quantitative estimate of drug-likeness (QED) is 0.797. The summed E-state index contributed by atoms with van der Waals surface area (Å²) in [7, 11) is 1.61. The zero-order chi connectivity index (χ0) is 15.1. The second-order valence-corrected chi connectivity index (χ2v) is 4.78. The Hall–Kier alpha value is -2.07. The summed E-state index contributed by atoms with van der Waals surface area (Å²) in [6, 6.07) is 13.8. The van der Waals surface area contributed by atoms with Gasteiger partial charge in [-0.25, -0.2) is 0 Å². The molecule has 0 saturated carbocycles. The Bertz CT molecular complexity index is 592. The highest BCUT2D eigenvalue weighted by Gasteiger charge is 2.18. The third kappa shape index (κ3) is 3.95. The van der Waals surface area contributed by atoms with E-state index in [4.69, 9.17) is 9.47 Å². The van der Waals surface area contributed by atoms with E-state index in [9.17, 15) is 4.79 Å². The summed E-state index contributed by atoms with van der Waals surface area (Å²) in [5, 5.41) is 4.93. The number of carbonyl (C=O) groups is 1. The number of hydrogen-bond donors (Lipinski definition) is 1. The van der Waals surface area contributed by atoms with Crippen LogP contribution in [-0.4, -0.2) is 32.3 Å². The van der Waals surface area contributed by atoms with Crippen LogP contribution in [0.3, 0.4) is 0 Å². The molecule has 0 aliphatic carbocycles. The van der Waals surface area contributed by atoms with Crippen LogP contribution in [0.2, 0.25) is 0 Å². The third-order valence-corrected chi connectivity index (χ3v) is 3.29. The molecular formula is C17H21NO3. The van der Waals surface area contributed by atoms with E-state index in [0.29, 0.717) is 19.6 Å². The van der Waals surface area contributed by atoms with Crippen molar-refractivity contribution in [3.05, 3.63) is 42.5 Å². The molecule has 1 atom stereocenters. The molecule has 0 fully saturated rings. The summed E-state index contributed by atoms with van der Waals surface area (Å²) in [4.78, 5) is 12.1. The van der Waals surface area contributed by atoms with Gasteiger partial charge in [0.15, 0.2) is 6.10 Å². The first-order valence-corrected chi connectivity index (χ1v) is 7.17. The number of amides is 1. The smallest absolute Gasteiger partial charge is 0.261 e. The number of ether oxygens (including phenoxy) is 2. The van der Waals surface area contributed by atoms with Crippen LogP contribution < -0.4 is 10.1 Å². The molecule has 112 valence electrons. The van der Waals surface area contributed by atoms with Crippen molar-refractivity contribution in [2.75, 3.05) is 20.3 Å². The SMILES string of the molecule is CCC(Oc1cccc2ccccc12)C(=O)NCCOC. The molecule has 0 aromatic heterocycles. The average Bonchev–Trinajstić information content (AvgIpc) is 2.52. The van der Waals surface area contributed by atoms with Crippen molar-refractivity contribution < 1.29 is 14.3 Å². The van der Waals surface area contributed by atoms with Crippen molar-refractivity contribution in [3.63, 3.8) is 0 Å². The molecule has 1 N–H and O–H groups in total. The van der Waals surface area contributed by atoms with E-state index in [1.54, 1.807) is 7.11 Å². The molecule has 0 saturated heterocycles. The standard InChI is InChI=1S/C17H21NO3/c1-3-15(17(19)18-11-12-20-2)21-16-10-6-8-13-7-4-5-9-14(13)16/h4-10,15H,3,11-12H2,1-2H3,(H,18,19). The van der Waals surface area contributed by atoms with E-state index in [2.05, 4.69) is 5.32 Å². The normalized spacial score (nSPS) is 12.1. The maximum Gasteiger partial charge on any atom is 0.261 e. The van der Waals surface area contributed by atoms with E-state index in [0.717, 1.165) is 16.5 Å². The summed E-state index contributed by atoms with van der Waals surface area (Å²) in [5.74, 6) is 0.629. The van der Waals surface area contributed by atoms with Crippen molar-refractivity contribution in [2.45, 2.75) is 19.4 Å². The molecule has 4 nitrogen and oxygen atoms in total. The number of fused-ring (bicyclic) bond motifs is 1. The number of benzene rings is 2. The van der Waals surface area contributed by atoms with Crippen molar-refractivity contribution in [1.82, 2.24) is 5.32 Å². The largest absolute Gasteiger partial charge is 0.480 e. The first-order chi connectivity index (χ1) is 10.3. The van der Waals surface area contributed by atoms with E-state index >= 15 is 0 Å². The Morgan fingerprint density at radius 1 is 1.19 bits per heavy atom. The molecule has 0 heterocycles. The number of carbonyl (C=O) groups excluding carboxylic acids is 1. The molecular weight excluding hydrogens is 266 g/mol. The predicted octanol–water partition coefficient (Wildman–Crippen LogP) is 2.76. The van der Waals surface area contributed by atoms with Gasteiger partial charge in [-0.05, 0) is 17.9 Å². The van der Waals surface area contributed by atoms with Crippen LogP contribution in [0.1, 0.15) is 13.3 Å². The van der Waals surface area contributed by atoms with Crippen LogP contribution in [0, 0.1) is 0 Å². The number of nitrogens with one attached hydrogen (secondary N) is 1. The monoisotopic (exact) mass is 287 g/mol. The molecule has 1 amide bonds. The van der Waals surface area contributed by atoms with Gasteiger partial charge in [-0.2, -0.15) is 0 Å². The fraction of sp³-hybridized carbons (Fsp3) is 0.353. The third-order valence-electron chi connectivity index (χ3n) is 3.29. The van der Waals surface area contributed by atoms with Gasteiger partial charge in [0.2, 0.25) is 0 Å². The van der Waals surface area contributed by atoms with Crippen LogP contribution >= 0.6 is 0 Å². The molecule has 2 rings (SSSR count). The highest BCUT2D eigenvalue weighted by Crippen LogP contribution is 2.26. The second kappa shape index (κ2) is 7.64. The van der Waals surface area contributed by atoms with Gasteiger partial charge in [-0.1, -0.05) is 43.3 Å². The van der Waals surface area contributed by atoms with Gasteiger partial charge >= 0.3 is 0 Å². The second-order valence-electron chi connectivity index (χ2n) is 4.78. The van der Waals surface area contributed by atoms with Crippen molar-refractivity contribution in [2.24, 2.45) is 0 Å². The van der Waals surface area contributed by atoms with Gasteiger partial charge in [0.1, 0.15) is 5.75 Å². The lowest BCUT2D eigenvalue weighted by molar-refractivity contribution is -0.128. The van der Waals surface area contributed by atoms with Gasteiger partial charge in [0.25, 0.3) is 5.91 Å². The molecule has 21 heavy (non-hydrogen) atoms. The number of methoxy groups -OCH3 is 1. The van der Waals surface area contributed by atoms with Gasteiger partial charge < -0.3 is 14.8 Å². The molecule has 1 unspecified atom stereocenters. The fourth-order valence-corrected chi connectivity index (χ4v) is 2.16. The molecule has 2 aromatic carbocycles. The Morgan fingerprint density at radius 2 is 1.95 bits per heavy atom. The minimum Gasteiger partial charge on any atom is -0.480 e. The summed E-state index contributed by atoms with van der Waals surface area (Å²) in [6.45, 7) is 2.92. The lowest BCUT2D eigenvalue weighted by Gasteiger charge is -2.18. The Morgan fingerprint density at radius 3 is 2.71 bits per heavy atom. The first-order valence-electron chi connectivity index (χ1n) is 7.17. The number of rotatable bonds is 7. The van der Waals surface area contributed by atoms with Crippen LogP contribution in [0.15, 0.2) is 42.5 Å². The van der Waals surface area contributed by atoms with Gasteiger partial charge in [-0.3, -0.25) is 4.79 Å². The van der Waals surface area contributed by atoms with Gasteiger partial charge in [-0.15, -0.1) is 0 Å². The lowest BCUT2D eigenvalue weighted by atomic mass is 10.1. The summed E-state index contributed by atoms with van der Waals surface area (Å²) in [5.41, 5.74) is 0. The maximum absolute atomic E-state index is 12.1. The summed E-state index contributed by atoms with van der Waals surface area (Å²) < 4.78 is 10.8. The van der Waals surface area contributed by atoms with Crippen molar-refractivity contribution >= 4 is 16.7 Å². The number of hydrogen-bond acceptors (Lipinski definition) is 3. The minimum atomic E-state index is -0.493. The first kappa shape index (κ1) is 15.3. The fourth-order valence-electron chi connectivity index (χ4n) is 2.16. The van der Waals surface area contributed by atoms with Crippen LogP contribution in [0.5, 0.6) is 5.75 Å². The molecule has 0 aliphatic rings. The molecule has 0 bridgehead atoms. The van der Waals surface area contributed by atoms with Crippen molar-refractivity contribution in [3.8, 4) is 5.75 Å². The van der Waals surface area contributed by atoms with E-state index < -0.39 is 6.10 Å². The Kier molecular flexibility index (Phi) is 5.58. The molecule has 2 aromatic rings. The van der Waals surface area contributed by atoms with Gasteiger partial charge in [0.05, 0.1) is 6.61 Å². The predicted molar refractivity (Wildman–Crippen MR) is 83.5 cm³/mol.